The minimum absolute atomic E-state index is 0.0208. The maximum Gasteiger partial charge on any atom is 0.248 e. The highest BCUT2D eigenvalue weighted by Crippen LogP contribution is 2.03. The van der Waals surface area contributed by atoms with Gasteiger partial charge >= 0.3 is 0 Å². The van der Waals surface area contributed by atoms with E-state index in [9.17, 15) is 4.79 Å². The molecule has 1 fully saturated rings. The molecule has 3 N–H and O–H groups in total. The molecule has 0 atom stereocenters. The second-order valence-corrected chi connectivity index (χ2v) is 1.70. The van der Waals surface area contributed by atoms with Gasteiger partial charge in [-0.15, -0.1) is 0 Å². The van der Waals surface area contributed by atoms with Gasteiger partial charge in [-0.2, -0.15) is 0 Å². The van der Waals surface area contributed by atoms with E-state index in [2.05, 4.69) is 5.32 Å². The first-order chi connectivity index (χ1) is 3.84. The van der Waals surface area contributed by atoms with Crippen LogP contribution < -0.4 is 11.1 Å². The van der Waals surface area contributed by atoms with Crippen molar-refractivity contribution in [3.63, 3.8) is 0 Å². The summed E-state index contributed by atoms with van der Waals surface area (Å²) in [6.07, 6.45) is 2.14. The molecule has 1 aliphatic rings. The van der Waals surface area contributed by atoms with Crippen LogP contribution in [0.1, 0.15) is 6.42 Å². The van der Waals surface area contributed by atoms with Crippen molar-refractivity contribution in [1.29, 1.82) is 0 Å². The molecule has 1 saturated heterocycles. The molecule has 1 rings (SSSR count). The van der Waals surface area contributed by atoms with Crippen molar-refractivity contribution in [3.8, 4) is 0 Å². The first-order valence-corrected chi connectivity index (χ1v) is 2.53. The van der Waals surface area contributed by atoms with E-state index in [-0.39, 0.29) is 5.91 Å². The summed E-state index contributed by atoms with van der Waals surface area (Å²) in [5, 5.41) is 2.63. The molecule has 1 amide bonds. The number of amides is 1. The largest absolute Gasteiger partial charge is 0.404 e. The van der Waals surface area contributed by atoms with Crippen molar-refractivity contribution in [2.45, 2.75) is 6.42 Å². The summed E-state index contributed by atoms with van der Waals surface area (Å²) in [5.41, 5.74) is 5.80. The van der Waals surface area contributed by atoms with Crippen molar-refractivity contribution in [3.05, 3.63) is 11.8 Å². The lowest BCUT2D eigenvalue weighted by Gasteiger charge is -1.85. The Morgan fingerprint density at radius 1 is 1.75 bits per heavy atom. The molecule has 1 aliphatic heterocycles. The number of nitrogens with two attached hydrogens (primary N) is 1. The molecule has 0 aromatic heterocycles. The molecule has 0 saturated carbocycles. The molecule has 8 heavy (non-hydrogen) atoms. The minimum Gasteiger partial charge on any atom is -0.404 e. The number of hydrogen-bond acceptors (Lipinski definition) is 2. The van der Waals surface area contributed by atoms with E-state index < -0.39 is 0 Å². The van der Waals surface area contributed by atoms with E-state index in [1.54, 1.807) is 0 Å². The Bertz CT molecular complexity index is 139. The standard InChI is InChI=1S/C5H8N2O/c6-3-4-1-2-7-5(4)8/h3H,1-2,6H2,(H,7,8)/b4-3-. The Kier molecular flexibility index (Phi) is 1.20. The summed E-state index contributed by atoms with van der Waals surface area (Å²) in [7, 11) is 0. The quantitative estimate of drug-likeness (QED) is 0.409. The van der Waals surface area contributed by atoms with Crippen molar-refractivity contribution < 1.29 is 4.79 Å². The average Bonchev–Trinajstić information content (AvgIpc) is 2.14. The monoisotopic (exact) mass is 112 g/mol. The number of carbonyl (C=O) groups is 1. The molecule has 0 aliphatic carbocycles. The highest BCUT2D eigenvalue weighted by atomic mass is 16.1. The molecule has 0 aromatic carbocycles. The van der Waals surface area contributed by atoms with Gasteiger partial charge in [0.1, 0.15) is 0 Å². The van der Waals surface area contributed by atoms with Gasteiger partial charge in [0.25, 0.3) is 0 Å². The topological polar surface area (TPSA) is 55.1 Å². The van der Waals surface area contributed by atoms with Gasteiger partial charge < -0.3 is 11.1 Å². The molecule has 0 aromatic rings. The highest BCUT2D eigenvalue weighted by molar-refractivity contribution is 5.95. The molecule has 0 unspecified atom stereocenters. The smallest absolute Gasteiger partial charge is 0.248 e. The van der Waals surface area contributed by atoms with Gasteiger partial charge in [-0.05, 0) is 6.42 Å². The van der Waals surface area contributed by atoms with Crippen LogP contribution in [0.25, 0.3) is 0 Å². The molecular weight excluding hydrogens is 104 g/mol. The first kappa shape index (κ1) is 5.15. The summed E-state index contributed by atoms with van der Waals surface area (Å²) in [6.45, 7) is 0.738. The molecule has 3 heteroatoms. The van der Waals surface area contributed by atoms with Crippen molar-refractivity contribution in [2.75, 3.05) is 6.54 Å². The SMILES string of the molecule is N/C=C1/CCNC1=O. The Morgan fingerprint density at radius 3 is 2.75 bits per heavy atom. The molecule has 44 valence electrons. The summed E-state index contributed by atoms with van der Waals surface area (Å²) in [4.78, 5) is 10.5. The fourth-order valence-electron chi connectivity index (χ4n) is 0.697. The Morgan fingerprint density at radius 2 is 2.50 bits per heavy atom. The second-order valence-electron chi connectivity index (χ2n) is 1.70. The highest BCUT2D eigenvalue weighted by Gasteiger charge is 2.13. The van der Waals surface area contributed by atoms with Crippen molar-refractivity contribution in [1.82, 2.24) is 5.32 Å². The van der Waals surface area contributed by atoms with Gasteiger partial charge in [-0.25, -0.2) is 0 Å². The van der Waals surface area contributed by atoms with E-state index in [0.717, 1.165) is 13.0 Å². The van der Waals surface area contributed by atoms with Crippen LogP contribution in [0.5, 0.6) is 0 Å². The third-order valence-corrected chi connectivity index (χ3v) is 1.17. The van der Waals surface area contributed by atoms with Gasteiger partial charge in [-0.1, -0.05) is 0 Å². The predicted molar refractivity (Wildman–Crippen MR) is 29.9 cm³/mol. The van der Waals surface area contributed by atoms with Crippen LogP contribution in [0.15, 0.2) is 11.8 Å². The van der Waals surface area contributed by atoms with Crippen LogP contribution in [0.3, 0.4) is 0 Å². The van der Waals surface area contributed by atoms with Crippen LogP contribution in [0.2, 0.25) is 0 Å². The average molecular weight is 112 g/mol. The first-order valence-electron chi connectivity index (χ1n) is 2.53. The van der Waals surface area contributed by atoms with E-state index in [1.165, 1.54) is 6.20 Å². The third kappa shape index (κ3) is 0.665. The lowest BCUT2D eigenvalue weighted by atomic mass is 10.2. The summed E-state index contributed by atoms with van der Waals surface area (Å²) >= 11 is 0. The maximum atomic E-state index is 10.5. The molecule has 0 bridgehead atoms. The van der Waals surface area contributed by atoms with Crippen LogP contribution in [0.4, 0.5) is 0 Å². The third-order valence-electron chi connectivity index (χ3n) is 1.17. The zero-order chi connectivity index (χ0) is 5.98. The normalized spacial score (nSPS) is 24.0. The summed E-state index contributed by atoms with van der Waals surface area (Å²) in [5.74, 6) is -0.0208. The minimum atomic E-state index is -0.0208. The summed E-state index contributed by atoms with van der Waals surface area (Å²) in [6, 6.07) is 0. The zero-order valence-electron chi connectivity index (χ0n) is 4.48. The fourth-order valence-corrected chi connectivity index (χ4v) is 0.697. The number of rotatable bonds is 0. The van der Waals surface area contributed by atoms with Crippen LogP contribution in [-0.2, 0) is 4.79 Å². The number of nitrogens with one attached hydrogen (secondary N) is 1. The van der Waals surface area contributed by atoms with E-state index in [4.69, 9.17) is 5.73 Å². The van der Waals surface area contributed by atoms with Gasteiger partial charge in [0.05, 0.1) is 0 Å². The Balaban J connectivity index is 2.69. The zero-order valence-corrected chi connectivity index (χ0v) is 4.48. The predicted octanol–water partition coefficient (Wildman–Crippen LogP) is -0.651. The van der Waals surface area contributed by atoms with Crippen LogP contribution >= 0.6 is 0 Å². The number of carbonyl (C=O) groups excluding carboxylic acids is 1. The maximum absolute atomic E-state index is 10.5. The van der Waals surface area contributed by atoms with E-state index >= 15 is 0 Å². The lowest BCUT2D eigenvalue weighted by Crippen LogP contribution is -2.14. The lowest BCUT2D eigenvalue weighted by molar-refractivity contribution is -0.116. The fraction of sp³-hybridized carbons (Fsp3) is 0.400. The van der Waals surface area contributed by atoms with Crippen LogP contribution in [0, 0.1) is 0 Å². The van der Waals surface area contributed by atoms with Gasteiger partial charge in [0.2, 0.25) is 5.91 Å². The van der Waals surface area contributed by atoms with Crippen LogP contribution in [-0.4, -0.2) is 12.5 Å². The molecule has 1 heterocycles. The second kappa shape index (κ2) is 1.86. The summed E-state index contributed by atoms with van der Waals surface area (Å²) < 4.78 is 0. The Labute approximate surface area is 47.6 Å². The van der Waals surface area contributed by atoms with E-state index in [0.29, 0.717) is 5.57 Å². The molecule has 3 nitrogen and oxygen atoms in total. The molecule has 0 spiro atoms. The van der Waals surface area contributed by atoms with Gasteiger partial charge in [0.15, 0.2) is 0 Å². The van der Waals surface area contributed by atoms with Gasteiger partial charge in [-0.3, -0.25) is 4.79 Å². The molecule has 0 radical (unpaired) electrons. The Hall–Kier alpha value is -0.990. The van der Waals surface area contributed by atoms with E-state index in [1.807, 2.05) is 0 Å². The van der Waals surface area contributed by atoms with Crippen molar-refractivity contribution in [2.24, 2.45) is 5.73 Å². The van der Waals surface area contributed by atoms with Gasteiger partial charge in [0, 0.05) is 18.3 Å². The number of hydrogen-bond donors (Lipinski definition) is 2. The molecular formula is C5H8N2O. The van der Waals surface area contributed by atoms with Crippen molar-refractivity contribution >= 4 is 5.91 Å².